The number of hydrogen-bond acceptors (Lipinski definition) is 2. The zero-order chi connectivity index (χ0) is 15.1. The van der Waals surface area contributed by atoms with Crippen molar-refractivity contribution in [3.8, 4) is 5.75 Å². The van der Waals surface area contributed by atoms with E-state index in [-0.39, 0.29) is 0 Å². The topological polar surface area (TPSA) is 21.3 Å². The molecular formula is C19H31NO. The Morgan fingerprint density at radius 3 is 2.76 bits per heavy atom. The molecule has 2 heteroatoms. The molecule has 1 aromatic rings. The van der Waals surface area contributed by atoms with E-state index in [9.17, 15) is 0 Å². The minimum atomic E-state index is 0.459. The Kier molecular flexibility index (Phi) is 6.56. The highest BCUT2D eigenvalue weighted by atomic mass is 16.5. The van der Waals surface area contributed by atoms with Crippen molar-refractivity contribution < 1.29 is 4.74 Å². The van der Waals surface area contributed by atoms with Crippen LogP contribution in [0.5, 0.6) is 5.75 Å². The first kappa shape index (κ1) is 16.4. The summed E-state index contributed by atoms with van der Waals surface area (Å²) in [6, 6.07) is 9.15. The van der Waals surface area contributed by atoms with Gasteiger partial charge in [0.2, 0.25) is 0 Å². The fourth-order valence-corrected chi connectivity index (χ4v) is 3.83. The molecule has 1 N–H and O–H groups in total. The molecule has 0 radical (unpaired) electrons. The highest BCUT2D eigenvalue weighted by Gasteiger charge is 2.30. The van der Waals surface area contributed by atoms with Crippen LogP contribution in [-0.4, -0.2) is 13.7 Å². The molecule has 0 bridgehead atoms. The van der Waals surface area contributed by atoms with Crippen molar-refractivity contribution in [2.45, 2.75) is 58.4 Å². The van der Waals surface area contributed by atoms with Crippen molar-refractivity contribution in [2.24, 2.45) is 11.8 Å². The maximum absolute atomic E-state index is 5.80. The Bertz CT molecular complexity index is 418. The minimum Gasteiger partial charge on any atom is -0.494 e. The van der Waals surface area contributed by atoms with E-state index < -0.39 is 0 Å². The highest BCUT2D eigenvalue weighted by Crippen LogP contribution is 2.40. The first-order chi connectivity index (χ1) is 10.3. The lowest BCUT2D eigenvalue weighted by Gasteiger charge is -2.37. The fourth-order valence-electron chi connectivity index (χ4n) is 3.83. The second kappa shape index (κ2) is 8.43. The Hall–Kier alpha value is -1.02. The molecule has 1 saturated carbocycles. The monoisotopic (exact) mass is 289 g/mol. The summed E-state index contributed by atoms with van der Waals surface area (Å²) in [5.74, 6) is 2.63. The molecule has 0 amide bonds. The largest absolute Gasteiger partial charge is 0.494 e. The molecule has 3 atom stereocenters. The van der Waals surface area contributed by atoms with Gasteiger partial charge in [0.25, 0.3) is 0 Å². The van der Waals surface area contributed by atoms with Crippen molar-refractivity contribution in [1.29, 1.82) is 0 Å². The molecule has 0 heterocycles. The predicted octanol–water partition coefficient (Wildman–Crippen LogP) is 4.95. The van der Waals surface area contributed by atoms with Crippen molar-refractivity contribution in [1.82, 2.24) is 5.32 Å². The van der Waals surface area contributed by atoms with Gasteiger partial charge in [0, 0.05) is 6.04 Å². The fraction of sp³-hybridized carbons (Fsp3) is 0.684. The molecule has 118 valence electrons. The standard InChI is InChI=1S/C19H31NO/c1-4-13-21-17-11-8-10-16(14-17)19(20-3)18-12-7-6-9-15(18)5-2/h8,10-11,14-15,18-20H,4-7,9,12-13H2,1-3H3. The summed E-state index contributed by atoms with van der Waals surface area (Å²) < 4.78 is 5.80. The van der Waals surface area contributed by atoms with E-state index in [1.807, 2.05) is 0 Å². The van der Waals surface area contributed by atoms with E-state index in [4.69, 9.17) is 4.74 Å². The third-order valence-corrected chi connectivity index (χ3v) is 4.92. The molecule has 1 fully saturated rings. The van der Waals surface area contributed by atoms with Gasteiger partial charge in [0.05, 0.1) is 6.61 Å². The Morgan fingerprint density at radius 2 is 2.05 bits per heavy atom. The van der Waals surface area contributed by atoms with Crippen molar-refractivity contribution in [3.63, 3.8) is 0 Å². The number of hydrogen-bond donors (Lipinski definition) is 1. The van der Waals surface area contributed by atoms with Crippen LogP contribution < -0.4 is 10.1 Å². The van der Waals surface area contributed by atoms with E-state index >= 15 is 0 Å². The van der Waals surface area contributed by atoms with Gasteiger partial charge in [0.15, 0.2) is 0 Å². The van der Waals surface area contributed by atoms with E-state index in [1.165, 1.54) is 37.7 Å². The second-order valence-electron chi connectivity index (χ2n) is 6.30. The minimum absolute atomic E-state index is 0.459. The van der Waals surface area contributed by atoms with E-state index in [1.54, 1.807) is 0 Å². The summed E-state index contributed by atoms with van der Waals surface area (Å²) in [5.41, 5.74) is 1.39. The lowest BCUT2D eigenvalue weighted by atomic mass is 9.72. The molecule has 2 nitrogen and oxygen atoms in total. The third-order valence-electron chi connectivity index (χ3n) is 4.92. The van der Waals surface area contributed by atoms with Gasteiger partial charge in [-0.1, -0.05) is 51.7 Å². The maximum Gasteiger partial charge on any atom is 0.119 e. The van der Waals surface area contributed by atoms with Crippen LogP contribution in [0.2, 0.25) is 0 Å². The lowest BCUT2D eigenvalue weighted by Crippen LogP contribution is -2.32. The van der Waals surface area contributed by atoms with Crippen LogP contribution in [0.1, 0.15) is 64.0 Å². The smallest absolute Gasteiger partial charge is 0.119 e. The number of nitrogens with one attached hydrogen (secondary N) is 1. The van der Waals surface area contributed by atoms with Crippen LogP contribution >= 0.6 is 0 Å². The van der Waals surface area contributed by atoms with Crippen LogP contribution in [0.25, 0.3) is 0 Å². The zero-order valence-electron chi connectivity index (χ0n) is 13.9. The second-order valence-corrected chi connectivity index (χ2v) is 6.30. The quantitative estimate of drug-likeness (QED) is 0.766. The molecular weight excluding hydrogens is 258 g/mol. The van der Waals surface area contributed by atoms with Crippen molar-refractivity contribution in [2.75, 3.05) is 13.7 Å². The molecule has 0 saturated heterocycles. The molecule has 1 aliphatic carbocycles. The van der Waals surface area contributed by atoms with Gasteiger partial charge in [-0.3, -0.25) is 0 Å². The van der Waals surface area contributed by atoms with Crippen LogP contribution in [0.4, 0.5) is 0 Å². The van der Waals surface area contributed by atoms with Crippen molar-refractivity contribution in [3.05, 3.63) is 29.8 Å². The van der Waals surface area contributed by atoms with E-state index in [2.05, 4.69) is 50.5 Å². The van der Waals surface area contributed by atoms with Gasteiger partial charge in [-0.2, -0.15) is 0 Å². The average Bonchev–Trinajstić information content (AvgIpc) is 2.54. The first-order valence-electron chi connectivity index (χ1n) is 8.70. The summed E-state index contributed by atoms with van der Waals surface area (Å²) >= 11 is 0. The van der Waals surface area contributed by atoms with Crippen LogP contribution in [0, 0.1) is 11.8 Å². The van der Waals surface area contributed by atoms with Crippen LogP contribution in [-0.2, 0) is 0 Å². The molecule has 3 unspecified atom stereocenters. The summed E-state index contributed by atoms with van der Waals surface area (Å²) in [6.45, 7) is 5.29. The van der Waals surface area contributed by atoms with Gasteiger partial charge < -0.3 is 10.1 Å². The van der Waals surface area contributed by atoms with Crippen LogP contribution in [0.15, 0.2) is 24.3 Å². The molecule has 2 rings (SSSR count). The Morgan fingerprint density at radius 1 is 1.24 bits per heavy atom. The highest BCUT2D eigenvalue weighted by molar-refractivity contribution is 5.31. The predicted molar refractivity (Wildman–Crippen MR) is 89.8 cm³/mol. The summed E-state index contributed by atoms with van der Waals surface area (Å²) in [4.78, 5) is 0. The van der Waals surface area contributed by atoms with Gasteiger partial charge in [-0.15, -0.1) is 0 Å². The summed E-state index contributed by atoms with van der Waals surface area (Å²) in [5, 5.41) is 3.58. The Labute approximate surface area is 130 Å². The maximum atomic E-state index is 5.80. The van der Waals surface area contributed by atoms with Crippen LogP contribution in [0.3, 0.4) is 0 Å². The Balaban J connectivity index is 2.15. The SMILES string of the molecule is CCCOc1cccc(C(NC)C2CCCCC2CC)c1. The number of ether oxygens (including phenoxy) is 1. The van der Waals surface area contributed by atoms with Gasteiger partial charge >= 0.3 is 0 Å². The van der Waals surface area contributed by atoms with Gasteiger partial charge in [0.1, 0.15) is 5.75 Å². The molecule has 0 aromatic heterocycles. The zero-order valence-corrected chi connectivity index (χ0v) is 13.9. The number of rotatable bonds is 7. The molecule has 21 heavy (non-hydrogen) atoms. The summed E-state index contributed by atoms with van der Waals surface area (Å²) in [6.07, 6.45) is 7.89. The first-order valence-corrected chi connectivity index (χ1v) is 8.70. The third kappa shape index (κ3) is 4.23. The molecule has 1 aromatic carbocycles. The normalized spacial score (nSPS) is 23.8. The molecule has 0 aliphatic heterocycles. The average molecular weight is 289 g/mol. The molecule has 0 spiro atoms. The van der Waals surface area contributed by atoms with E-state index in [0.29, 0.717) is 6.04 Å². The summed E-state index contributed by atoms with van der Waals surface area (Å²) in [7, 11) is 2.10. The van der Waals surface area contributed by atoms with Gasteiger partial charge in [-0.05, 0) is 49.4 Å². The van der Waals surface area contributed by atoms with E-state index in [0.717, 1.165) is 30.6 Å². The molecule has 1 aliphatic rings. The van der Waals surface area contributed by atoms with Crippen molar-refractivity contribution >= 4 is 0 Å². The number of benzene rings is 1. The lowest BCUT2D eigenvalue weighted by molar-refractivity contribution is 0.180. The van der Waals surface area contributed by atoms with Gasteiger partial charge in [-0.25, -0.2) is 0 Å².